The molecule has 5 heteroatoms. The summed E-state index contributed by atoms with van der Waals surface area (Å²) >= 11 is 1.42. The average Bonchev–Trinajstić information content (AvgIpc) is 2.79. The van der Waals surface area contributed by atoms with E-state index >= 15 is 0 Å². The fourth-order valence-corrected chi connectivity index (χ4v) is 2.67. The molecule has 0 saturated heterocycles. The average molecular weight is 273 g/mol. The molecule has 3 nitrogen and oxygen atoms in total. The van der Waals surface area contributed by atoms with Crippen LogP contribution in [0.5, 0.6) is 0 Å². The van der Waals surface area contributed by atoms with Gasteiger partial charge in [0, 0.05) is 10.6 Å². The van der Waals surface area contributed by atoms with Crippen molar-refractivity contribution >= 4 is 28.5 Å². The van der Waals surface area contributed by atoms with Crippen LogP contribution in [0.15, 0.2) is 47.4 Å². The van der Waals surface area contributed by atoms with Crippen LogP contribution in [0.2, 0.25) is 0 Å². The highest BCUT2D eigenvalue weighted by atomic mass is 32.2. The molecule has 0 saturated carbocycles. The molecule has 0 fully saturated rings. The zero-order valence-electron chi connectivity index (χ0n) is 10.1. The van der Waals surface area contributed by atoms with Crippen LogP contribution < -0.4 is 5.73 Å². The van der Waals surface area contributed by atoms with Crippen LogP contribution in [0.1, 0.15) is 5.82 Å². The van der Waals surface area contributed by atoms with Crippen molar-refractivity contribution in [1.29, 1.82) is 0 Å². The van der Waals surface area contributed by atoms with Crippen LogP contribution in [0.4, 0.5) is 10.1 Å². The molecule has 3 rings (SSSR count). The fraction of sp³-hybridized carbons (Fsp3) is 0.0714. The standard InChI is InChI=1S/C14H12FN3S/c15-10-3-1-2-4-13(10)19-8-14-17-11-6-5-9(16)7-12(11)18-14/h1-7H,8,16H2,(H,17,18). The Morgan fingerprint density at radius 1 is 1.21 bits per heavy atom. The lowest BCUT2D eigenvalue weighted by Crippen LogP contribution is -1.85. The van der Waals surface area contributed by atoms with E-state index in [1.54, 1.807) is 12.1 Å². The number of anilines is 1. The molecule has 96 valence electrons. The number of imidazole rings is 1. The van der Waals surface area contributed by atoms with E-state index < -0.39 is 0 Å². The van der Waals surface area contributed by atoms with Crippen molar-refractivity contribution in [1.82, 2.24) is 9.97 Å². The molecule has 3 N–H and O–H groups in total. The molecule has 1 heterocycles. The number of nitrogen functional groups attached to an aromatic ring is 1. The number of benzene rings is 2. The number of fused-ring (bicyclic) bond motifs is 1. The maximum absolute atomic E-state index is 13.5. The summed E-state index contributed by atoms with van der Waals surface area (Å²) in [4.78, 5) is 8.26. The van der Waals surface area contributed by atoms with Crippen molar-refractivity contribution in [2.75, 3.05) is 5.73 Å². The number of H-pyrrole nitrogens is 1. The highest BCUT2D eigenvalue weighted by molar-refractivity contribution is 7.98. The minimum absolute atomic E-state index is 0.201. The number of nitrogens with one attached hydrogen (secondary N) is 1. The van der Waals surface area contributed by atoms with E-state index in [1.165, 1.54) is 17.8 Å². The van der Waals surface area contributed by atoms with Crippen LogP contribution in [-0.4, -0.2) is 9.97 Å². The van der Waals surface area contributed by atoms with Crippen molar-refractivity contribution in [3.05, 3.63) is 54.1 Å². The summed E-state index contributed by atoms with van der Waals surface area (Å²) in [5.41, 5.74) is 8.19. The van der Waals surface area contributed by atoms with Crippen molar-refractivity contribution < 1.29 is 4.39 Å². The summed E-state index contributed by atoms with van der Waals surface area (Å²) in [6.07, 6.45) is 0. The molecule has 0 aliphatic carbocycles. The maximum Gasteiger partial charge on any atom is 0.136 e. The summed E-state index contributed by atoms with van der Waals surface area (Å²) in [6, 6.07) is 12.3. The highest BCUT2D eigenvalue weighted by Crippen LogP contribution is 2.25. The Kier molecular flexibility index (Phi) is 3.13. The van der Waals surface area contributed by atoms with Gasteiger partial charge in [-0.05, 0) is 30.3 Å². The molecular weight excluding hydrogens is 261 g/mol. The van der Waals surface area contributed by atoms with E-state index in [4.69, 9.17) is 5.73 Å². The van der Waals surface area contributed by atoms with E-state index in [2.05, 4.69) is 9.97 Å². The predicted molar refractivity (Wildman–Crippen MR) is 76.5 cm³/mol. The minimum atomic E-state index is -0.201. The topological polar surface area (TPSA) is 54.7 Å². The summed E-state index contributed by atoms with van der Waals surface area (Å²) in [7, 11) is 0. The SMILES string of the molecule is Nc1ccc2nc(CSc3ccccc3F)[nH]c2c1. The van der Waals surface area contributed by atoms with Gasteiger partial charge in [0.1, 0.15) is 11.6 Å². The van der Waals surface area contributed by atoms with Crippen LogP contribution in [0.3, 0.4) is 0 Å². The van der Waals surface area contributed by atoms with Crippen LogP contribution in [0, 0.1) is 5.82 Å². The summed E-state index contributed by atoms with van der Waals surface area (Å²) < 4.78 is 13.5. The molecule has 0 unspecified atom stereocenters. The zero-order chi connectivity index (χ0) is 13.2. The number of aromatic amines is 1. The van der Waals surface area contributed by atoms with Gasteiger partial charge < -0.3 is 10.7 Å². The predicted octanol–water partition coefficient (Wildman–Crippen LogP) is 3.58. The molecular formula is C14H12FN3S. The lowest BCUT2D eigenvalue weighted by molar-refractivity contribution is 0.602. The van der Waals surface area contributed by atoms with Gasteiger partial charge in [-0.25, -0.2) is 9.37 Å². The Bertz CT molecular complexity index is 724. The Morgan fingerprint density at radius 2 is 2.05 bits per heavy atom. The molecule has 3 aromatic rings. The second kappa shape index (κ2) is 4.93. The number of hydrogen-bond donors (Lipinski definition) is 2. The summed E-state index contributed by atoms with van der Waals surface area (Å²) in [5, 5.41) is 0. The lowest BCUT2D eigenvalue weighted by atomic mass is 10.3. The van der Waals surface area contributed by atoms with Gasteiger partial charge in [0.25, 0.3) is 0 Å². The van der Waals surface area contributed by atoms with Gasteiger partial charge in [-0.1, -0.05) is 12.1 Å². The Labute approximate surface area is 114 Å². The monoisotopic (exact) mass is 273 g/mol. The lowest BCUT2D eigenvalue weighted by Gasteiger charge is -2.00. The number of nitrogens with two attached hydrogens (primary N) is 1. The smallest absolute Gasteiger partial charge is 0.136 e. The van der Waals surface area contributed by atoms with Crippen molar-refractivity contribution in [2.24, 2.45) is 0 Å². The van der Waals surface area contributed by atoms with Crippen molar-refractivity contribution in [2.45, 2.75) is 10.6 Å². The molecule has 0 radical (unpaired) electrons. The van der Waals surface area contributed by atoms with Crippen LogP contribution in [0.25, 0.3) is 11.0 Å². The molecule has 1 aromatic heterocycles. The quantitative estimate of drug-likeness (QED) is 0.566. The molecule has 0 spiro atoms. The van der Waals surface area contributed by atoms with E-state index in [0.717, 1.165) is 16.9 Å². The Morgan fingerprint density at radius 3 is 2.89 bits per heavy atom. The van der Waals surface area contributed by atoms with Gasteiger partial charge in [-0.3, -0.25) is 0 Å². The van der Waals surface area contributed by atoms with Crippen molar-refractivity contribution in [3.8, 4) is 0 Å². The third-order valence-corrected chi connectivity index (χ3v) is 3.82. The zero-order valence-corrected chi connectivity index (χ0v) is 10.9. The molecule has 2 aromatic carbocycles. The second-order valence-corrected chi connectivity index (χ2v) is 5.20. The van der Waals surface area contributed by atoms with Gasteiger partial charge in [0.2, 0.25) is 0 Å². The third-order valence-electron chi connectivity index (χ3n) is 2.76. The first kappa shape index (κ1) is 12.0. The highest BCUT2D eigenvalue weighted by Gasteiger charge is 2.06. The first-order valence-electron chi connectivity index (χ1n) is 5.84. The molecule has 19 heavy (non-hydrogen) atoms. The third kappa shape index (κ3) is 2.56. The molecule has 0 aliphatic heterocycles. The Hall–Kier alpha value is -2.01. The number of thioether (sulfide) groups is 1. The molecule has 0 amide bonds. The van der Waals surface area contributed by atoms with Gasteiger partial charge in [-0.2, -0.15) is 0 Å². The van der Waals surface area contributed by atoms with Crippen LogP contribution >= 0.6 is 11.8 Å². The molecule has 0 bridgehead atoms. The van der Waals surface area contributed by atoms with E-state index in [9.17, 15) is 4.39 Å². The maximum atomic E-state index is 13.5. The fourth-order valence-electron chi connectivity index (χ4n) is 1.86. The normalized spacial score (nSPS) is 11.0. The number of halogens is 1. The first-order valence-corrected chi connectivity index (χ1v) is 6.82. The Balaban J connectivity index is 1.80. The largest absolute Gasteiger partial charge is 0.399 e. The number of aromatic nitrogens is 2. The summed E-state index contributed by atoms with van der Waals surface area (Å²) in [5.74, 6) is 1.21. The van der Waals surface area contributed by atoms with E-state index in [1.807, 2.05) is 24.3 Å². The molecule has 0 aliphatic rings. The number of nitrogens with zero attached hydrogens (tertiary/aromatic N) is 1. The second-order valence-electron chi connectivity index (χ2n) is 4.18. The molecule has 0 atom stereocenters. The summed E-state index contributed by atoms with van der Waals surface area (Å²) in [6.45, 7) is 0. The van der Waals surface area contributed by atoms with Gasteiger partial charge in [0.15, 0.2) is 0 Å². The van der Waals surface area contributed by atoms with E-state index in [-0.39, 0.29) is 5.82 Å². The minimum Gasteiger partial charge on any atom is -0.399 e. The number of rotatable bonds is 3. The van der Waals surface area contributed by atoms with Gasteiger partial charge in [-0.15, -0.1) is 11.8 Å². The number of hydrogen-bond acceptors (Lipinski definition) is 3. The first-order chi connectivity index (χ1) is 9.22. The van der Waals surface area contributed by atoms with Crippen LogP contribution in [-0.2, 0) is 5.75 Å². The van der Waals surface area contributed by atoms with Crippen molar-refractivity contribution in [3.63, 3.8) is 0 Å². The van der Waals surface area contributed by atoms with Gasteiger partial charge >= 0.3 is 0 Å². The van der Waals surface area contributed by atoms with E-state index in [0.29, 0.717) is 16.3 Å². The van der Waals surface area contributed by atoms with Gasteiger partial charge in [0.05, 0.1) is 16.8 Å².